The maximum absolute atomic E-state index is 11.9. The quantitative estimate of drug-likeness (QED) is 0.667. The molecule has 18 heavy (non-hydrogen) atoms. The largest absolute Gasteiger partial charge is 0.330 e. The number of hydrogen-bond acceptors (Lipinski definition) is 2. The van der Waals surface area contributed by atoms with Gasteiger partial charge in [0, 0.05) is 25.4 Å². The summed E-state index contributed by atoms with van der Waals surface area (Å²) in [5, 5.41) is 0. The molecule has 0 unspecified atom stereocenters. The summed E-state index contributed by atoms with van der Waals surface area (Å²) < 4.78 is 2.92. The van der Waals surface area contributed by atoms with Crippen molar-refractivity contribution in [1.29, 1.82) is 0 Å². The molecule has 0 amide bonds. The normalized spacial score (nSPS) is 10.8. The Balaban J connectivity index is 2.52. The number of nitrogens with zero attached hydrogens (tertiary/aromatic N) is 2. The van der Waals surface area contributed by atoms with E-state index in [4.69, 9.17) is 0 Å². The van der Waals surface area contributed by atoms with Gasteiger partial charge in [0.25, 0.3) is 5.56 Å². The van der Waals surface area contributed by atoms with E-state index in [1.54, 1.807) is 10.8 Å². The van der Waals surface area contributed by atoms with Crippen LogP contribution in [0.3, 0.4) is 0 Å². The van der Waals surface area contributed by atoms with E-state index in [-0.39, 0.29) is 11.2 Å². The van der Waals surface area contributed by atoms with Crippen LogP contribution in [0.5, 0.6) is 0 Å². The predicted molar refractivity (Wildman–Crippen MR) is 74.0 cm³/mol. The summed E-state index contributed by atoms with van der Waals surface area (Å²) in [5.41, 5.74) is -0.364. The molecule has 0 aliphatic rings. The van der Waals surface area contributed by atoms with E-state index in [1.807, 2.05) is 6.92 Å². The van der Waals surface area contributed by atoms with E-state index < -0.39 is 0 Å². The van der Waals surface area contributed by atoms with Crippen LogP contribution in [0, 0.1) is 0 Å². The first-order valence-electron chi connectivity index (χ1n) is 7.01. The molecular weight excluding hydrogens is 228 g/mol. The summed E-state index contributed by atoms with van der Waals surface area (Å²) in [7, 11) is 0. The lowest BCUT2D eigenvalue weighted by molar-refractivity contribution is 0.512. The van der Waals surface area contributed by atoms with Crippen LogP contribution in [-0.4, -0.2) is 9.13 Å². The second-order valence-corrected chi connectivity index (χ2v) is 4.64. The highest BCUT2D eigenvalue weighted by molar-refractivity contribution is 4.86. The summed E-state index contributed by atoms with van der Waals surface area (Å²) in [5.74, 6) is 0. The van der Waals surface area contributed by atoms with Crippen LogP contribution >= 0.6 is 0 Å². The van der Waals surface area contributed by atoms with Gasteiger partial charge in [-0.1, -0.05) is 39.0 Å². The number of aromatic nitrogens is 2. The molecule has 0 spiro atoms. The van der Waals surface area contributed by atoms with Gasteiger partial charge < -0.3 is 4.57 Å². The molecule has 0 aliphatic carbocycles. The van der Waals surface area contributed by atoms with Crippen molar-refractivity contribution in [3.05, 3.63) is 33.1 Å². The molecule has 1 aromatic heterocycles. The van der Waals surface area contributed by atoms with Crippen LogP contribution in [0.15, 0.2) is 21.9 Å². The molecule has 0 aromatic carbocycles. The number of unbranched alkanes of at least 4 members (excludes halogenated alkanes) is 5. The zero-order chi connectivity index (χ0) is 13.4. The number of aryl methyl sites for hydroxylation is 1. The lowest BCUT2D eigenvalue weighted by Gasteiger charge is -2.07. The summed E-state index contributed by atoms with van der Waals surface area (Å²) in [6, 6.07) is 1.47. The maximum Gasteiger partial charge on any atom is 0.330 e. The first kappa shape index (κ1) is 14.7. The number of hydrogen-bond donors (Lipinski definition) is 0. The highest BCUT2D eigenvalue weighted by Crippen LogP contribution is 2.05. The van der Waals surface area contributed by atoms with Crippen LogP contribution in [0.4, 0.5) is 0 Å². The van der Waals surface area contributed by atoms with Crippen molar-refractivity contribution in [2.75, 3.05) is 0 Å². The Morgan fingerprint density at radius 1 is 1.00 bits per heavy atom. The van der Waals surface area contributed by atoms with Gasteiger partial charge in [0.1, 0.15) is 0 Å². The summed E-state index contributed by atoms with van der Waals surface area (Å²) in [4.78, 5) is 23.5. The third-order valence-corrected chi connectivity index (χ3v) is 3.22. The van der Waals surface area contributed by atoms with E-state index in [2.05, 4.69) is 6.92 Å². The number of rotatable bonds is 8. The molecule has 0 atom stereocenters. The summed E-state index contributed by atoms with van der Waals surface area (Å²) >= 11 is 0. The van der Waals surface area contributed by atoms with E-state index in [0.29, 0.717) is 13.1 Å². The van der Waals surface area contributed by atoms with Gasteiger partial charge in [0.2, 0.25) is 0 Å². The van der Waals surface area contributed by atoms with Crippen molar-refractivity contribution in [2.45, 2.75) is 65.5 Å². The standard InChI is InChI=1S/C14H24N2O2/c1-3-5-6-7-8-9-11-16-13(17)10-12-15(4-2)14(16)18/h10,12H,3-9,11H2,1-2H3. The molecule has 0 N–H and O–H groups in total. The average molecular weight is 252 g/mol. The Bertz CT molecular complexity index is 460. The minimum atomic E-state index is -0.182. The fraction of sp³-hybridized carbons (Fsp3) is 0.714. The van der Waals surface area contributed by atoms with E-state index in [1.165, 1.54) is 36.3 Å². The molecule has 1 heterocycles. The van der Waals surface area contributed by atoms with Crippen molar-refractivity contribution in [2.24, 2.45) is 0 Å². The lowest BCUT2D eigenvalue weighted by atomic mass is 10.1. The van der Waals surface area contributed by atoms with Crippen molar-refractivity contribution >= 4 is 0 Å². The van der Waals surface area contributed by atoms with Gasteiger partial charge in [-0.25, -0.2) is 4.79 Å². The van der Waals surface area contributed by atoms with Crippen molar-refractivity contribution in [1.82, 2.24) is 9.13 Å². The fourth-order valence-corrected chi connectivity index (χ4v) is 2.05. The van der Waals surface area contributed by atoms with E-state index >= 15 is 0 Å². The maximum atomic E-state index is 11.9. The van der Waals surface area contributed by atoms with Gasteiger partial charge in [-0.3, -0.25) is 9.36 Å². The SMILES string of the molecule is CCCCCCCCn1c(=O)ccn(CC)c1=O. The monoisotopic (exact) mass is 252 g/mol. The second kappa shape index (κ2) is 7.90. The Morgan fingerprint density at radius 2 is 1.67 bits per heavy atom. The van der Waals surface area contributed by atoms with Crippen LogP contribution < -0.4 is 11.2 Å². The summed E-state index contributed by atoms with van der Waals surface area (Å²) in [6.45, 7) is 5.25. The smallest absolute Gasteiger partial charge is 0.301 e. The van der Waals surface area contributed by atoms with Crippen molar-refractivity contribution < 1.29 is 0 Å². The van der Waals surface area contributed by atoms with Crippen molar-refractivity contribution in [3.8, 4) is 0 Å². The predicted octanol–water partition coefficient (Wildman–Crippen LogP) is 2.39. The van der Waals surface area contributed by atoms with Gasteiger partial charge in [-0.2, -0.15) is 0 Å². The van der Waals surface area contributed by atoms with Gasteiger partial charge in [0.05, 0.1) is 0 Å². The molecule has 1 aromatic rings. The zero-order valence-electron chi connectivity index (χ0n) is 11.5. The third kappa shape index (κ3) is 4.17. The van der Waals surface area contributed by atoms with E-state index in [0.717, 1.165) is 12.8 Å². The van der Waals surface area contributed by atoms with Crippen LogP contribution in [0.1, 0.15) is 52.4 Å². The van der Waals surface area contributed by atoms with Crippen LogP contribution in [0.25, 0.3) is 0 Å². The third-order valence-electron chi connectivity index (χ3n) is 3.22. The molecular formula is C14H24N2O2. The molecule has 0 saturated heterocycles. The Labute approximate surface area is 108 Å². The Kier molecular flexibility index (Phi) is 6.47. The van der Waals surface area contributed by atoms with Gasteiger partial charge in [-0.15, -0.1) is 0 Å². The van der Waals surface area contributed by atoms with Crippen LogP contribution in [0.2, 0.25) is 0 Å². The molecule has 4 nitrogen and oxygen atoms in total. The second-order valence-electron chi connectivity index (χ2n) is 4.64. The molecule has 0 bridgehead atoms. The Hall–Kier alpha value is -1.32. The highest BCUT2D eigenvalue weighted by atomic mass is 16.2. The molecule has 102 valence electrons. The molecule has 0 saturated carbocycles. The first-order chi connectivity index (χ1) is 8.70. The zero-order valence-corrected chi connectivity index (χ0v) is 11.5. The highest BCUT2D eigenvalue weighted by Gasteiger charge is 2.03. The first-order valence-corrected chi connectivity index (χ1v) is 7.01. The lowest BCUT2D eigenvalue weighted by Crippen LogP contribution is -2.38. The summed E-state index contributed by atoms with van der Waals surface area (Å²) in [6.07, 6.45) is 8.52. The molecule has 4 heteroatoms. The molecule has 1 rings (SSSR count). The van der Waals surface area contributed by atoms with Gasteiger partial charge in [0.15, 0.2) is 0 Å². The topological polar surface area (TPSA) is 44.0 Å². The molecule has 0 fully saturated rings. The van der Waals surface area contributed by atoms with Gasteiger partial charge in [-0.05, 0) is 13.3 Å². The molecule has 0 radical (unpaired) electrons. The minimum absolute atomic E-state index is 0.182. The van der Waals surface area contributed by atoms with E-state index in [9.17, 15) is 9.59 Å². The van der Waals surface area contributed by atoms with Gasteiger partial charge >= 0.3 is 5.69 Å². The van der Waals surface area contributed by atoms with Crippen molar-refractivity contribution in [3.63, 3.8) is 0 Å². The van der Waals surface area contributed by atoms with Crippen LogP contribution in [-0.2, 0) is 13.1 Å². The average Bonchev–Trinajstić information content (AvgIpc) is 2.37. The minimum Gasteiger partial charge on any atom is -0.301 e. The molecule has 0 aliphatic heterocycles. The Morgan fingerprint density at radius 3 is 2.33 bits per heavy atom. The fourth-order valence-electron chi connectivity index (χ4n) is 2.05.